The van der Waals surface area contributed by atoms with Gasteiger partial charge >= 0.3 is 0 Å². The summed E-state index contributed by atoms with van der Waals surface area (Å²) in [5.74, 6) is 1.39. The molecule has 1 saturated heterocycles. The number of hydrogen-bond donors (Lipinski definition) is 2. The van der Waals surface area contributed by atoms with E-state index in [9.17, 15) is 4.79 Å². The van der Waals surface area contributed by atoms with Crippen LogP contribution in [0.2, 0.25) is 0 Å². The monoisotopic (exact) mass is 415 g/mol. The summed E-state index contributed by atoms with van der Waals surface area (Å²) in [6, 6.07) is 10.9. The van der Waals surface area contributed by atoms with E-state index in [2.05, 4.69) is 15.5 Å². The van der Waals surface area contributed by atoms with E-state index in [0.717, 1.165) is 37.7 Å². The summed E-state index contributed by atoms with van der Waals surface area (Å²) in [7, 11) is 4.66. The van der Waals surface area contributed by atoms with Crippen molar-refractivity contribution in [3.63, 3.8) is 0 Å². The molecule has 3 rings (SSSR count). The lowest BCUT2D eigenvalue weighted by molar-refractivity contribution is -0.116. The Morgan fingerprint density at radius 1 is 0.967 bits per heavy atom. The molecule has 8 heteroatoms. The third-order valence-corrected chi connectivity index (χ3v) is 4.95. The molecular weight excluding hydrogens is 386 g/mol. The smallest absolute Gasteiger partial charge is 0.246 e. The molecule has 1 amide bonds. The highest BCUT2D eigenvalue weighted by molar-refractivity contribution is 5.96. The minimum absolute atomic E-state index is 0.150. The number of ether oxygens (including phenoxy) is 4. The highest BCUT2D eigenvalue weighted by Crippen LogP contribution is 2.40. The van der Waals surface area contributed by atoms with Crippen LogP contribution in [0.3, 0.4) is 0 Å². The fourth-order valence-electron chi connectivity index (χ4n) is 3.31. The largest absolute Gasteiger partial charge is 0.493 e. The predicted octanol–water partition coefficient (Wildman–Crippen LogP) is 2.99. The lowest BCUT2D eigenvalue weighted by Crippen LogP contribution is -2.36. The van der Waals surface area contributed by atoms with Crippen LogP contribution in [0.25, 0.3) is 0 Å². The summed E-state index contributed by atoms with van der Waals surface area (Å²) in [5, 5.41) is 6.12. The second-order valence-corrected chi connectivity index (χ2v) is 6.92. The van der Waals surface area contributed by atoms with Gasteiger partial charge in [-0.15, -0.1) is 0 Å². The zero-order chi connectivity index (χ0) is 21.5. The summed E-state index contributed by atoms with van der Waals surface area (Å²) < 4.78 is 21.4. The number of amides is 1. The molecule has 0 aromatic heterocycles. The molecule has 2 N–H and O–H groups in total. The summed E-state index contributed by atoms with van der Waals surface area (Å²) in [4.78, 5) is 14.9. The van der Waals surface area contributed by atoms with E-state index in [1.807, 2.05) is 24.3 Å². The molecule has 8 nitrogen and oxygen atoms in total. The second-order valence-electron chi connectivity index (χ2n) is 6.92. The number of anilines is 3. The molecule has 162 valence electrons. The van der Waals surface area contributed by atoms with Crippen molar-refractivity contribution in [2.45, 2.75) is 13.0 Å². The van der Waals surface area contributed by atoms with E-state index >= 15 is 0 Å². The first kappa shape index (κ1) is 21.6. The molecule has 2 aromatic carbocycles. The van der Waals surface area contributed by atoms with Crippen LogP contribution in [0.15, 0.2) is 36.4 Å². The number of methoxy groups -OCH3 is 3. The molecule has 30 heavy (non-hydrogen) atoms. The van der Waals surface area contributed by atoms with Crippen LogP contribution in [0.5, 0.6) is 17.2 Å². The van der Waals surface area contributed by atoms with E-state index in [0.29, 0.717) is 22.9 Å². The number of benzene rings is 2. The molecule has 1 aliphatic rings. The number of nitrogens with one attached hydrogen (secondary N) is 2. The van der Waals surface area contributed by atoms with Crippen LogP contribution in [0, 0.1) is 0 Å². The molecule has 1 fully saturated rings. The average Bonchev–Trinajstić information content (AvgIpc) is 2.79. The van der Waals surface area contributed by atoms with Crippen molar-refractivity contribution < 1.29 is 23.7 Å². The zero-order valence-corrected chi connectivity index (χ0v) is 17.9. The maximum Gasteiger partial charge on any atom is 0.246 e. The topological polar surface area (TPSA) is 81.3 Å². The van der Waals surface area contributed by atoms with E-state index in [4.69, 9.17) is 18.9 Å². The number of nitrogens with zero attached hydrogens (tertiary/aromatic N) is 1. The van der Waals surface area contributed by atoms with Gasteiger partial charge in [-0.25, -0.2) is 0 Å². The Morgan fingerprint density at radius 3 is 2.10 bits per heavy atom. The van der Waals surface area contributed by atoms with Gasteiger partial charge in [-0.05, 0) is 31.2 Å². The average molecular weight is 415 g/mol. The summed E-state index contributed by atoms with van der Waals surface area (Å²) in [6.07, 6.45) is 0. The molecular formula is C22H29N3O5. The molecule has 0 aliphatic carbocycles. The fourth-order valence-corrected chi connectivity index (χ4v) is 3.31. The second kappa shape index (κ2) is 10.1. The highest BCUT2D eigenvalue weighted by atomic mass is 16.5. The van der Waals surface area contributed by atoms with E-state index in [1.54, 1.807) is 40.4 Å². The van der Waals surface area contributed by atoms with Crippen molar-refractivity contribution in [2.75, 3.05) is 63.2 Å². The minimum Gasteiger partial charge on any atom is -0.493 e. The van der Waals surface area contributed by atoms with Gasteiger partial charge < -0.3 is 34.5 Å². The molecule has 0 radical (unpaired) electrons. The number of hydrogen-bond acceptors (Lipinski definition) is 7. The van der Waals surface area contributed by atoms with Gasteiger partial charge in [0.2, 0.25) is 11.7 Å². The van der Waals surface area contributed by atoms with Crippen molar-refractivity contribution in [1.29, 1.82) is 0 Å². The van der Waals surface area contributed by atoms with E-state index in [1.165, 1.54) is 0 Å². The Morgan fingerprint density at radius 2 is 1.57 bits per heavy atom. The van der Waals surface area contributed by atoms with E-state index in [-0.39, 0.29) is 5.91 Å². The third kappa shape index (κ3) is 5.07. The Bertz CT molecular complexity index is 825. The van der Waals surface area contributed by atoms with Crippen LogP contribution in [-0.2, 0) is 9.53 Å². The zero-order valence-electron chi connectivity index (χ0n) is 17.9. The first-order valence-corrected chi connectivity index (χ1v) is 9.86. The molecule has 0 saturated carbocycles. The summed E-state index contributed by atoms with van der Waals surface area (Å²) in [6.45, 7) is 5.02. The lowest BCUT2D eigenvalue weighted by Gasteiger charge is -2.29. The van der Waals surface area contributed by atoms with E-state index < -0.39 is 6.04 Å². The maximum absolute atomic E-state index is 12.6. The molecule has 2 aromatic rings. The molecule has 1 heterocycles. The van der Waals surface area contributed by atoms with Crippen LogP contribution in [0.1, 0.15) is 6.92 Å². The Balaban J connectivity index is 1.63. The van der Waals surface area contributed by atoms with Gasteiger partial charge in [-0.3, -0.25) is 4.79 Å². The maximum atomic E-state index is 12.6. The Kier molecular flexibility index (Phi) is 7.24. The fraction of sp³-hybridized carbons (Fsp3) is 0.409. The molecule has 1 atom stereocenters. The van der Waals surface area contributed by atoms with Gasteiger partial charge in [-0.2, -0.15) is 0 Å². The third-order valence-electron chi connectivity index (χ3n) is 4.95. The Hall–Kier alpha value is -3.13. The van der Waals surface area contributed by atoms with Crippen molar-refractivity contribution >= 4 is 23.0 Å². The number of rotatable bonds is 8. The van der Waals surface area contributed by atoms with Crippen LogP contribution < -0.4 is 29.7 Å². The minimum atomic E-state index is -0.480. The standard InChI is InChI=1S/C22H29N3O5/c1-15(23-17-13-19(27-2)21(29-4)20(14-17)28-3)22(26)24-16-5-7-18(8-6-16)25-9-11-30-12-10-25/h5-8,13-15,23H,9-12H2,1-4H3,(H,24,26)/t15-/m1/s1. The van der Waals surface area contributed by atoms with Crippen molar-refractivity contribution in [2.24, 2.45) is 0 Å². The lowest BCUT2D eigenvalue weighted by atomic mass is 10.2. The molecule has 0 spiro atoms. The molecule has 0 unspecified atom stereocenters. The SMILES string of the molecule is COc1cc(N[C@H](C)C(=O)Nc2ccc(N3CCOCC3)cc2)cc(OC)c1OC. The Labute approximate surface area is 177 Å². The quantitative estimate of drug-likeness (QED) is 0.686. The number of carbonyl (C=O) groups excluding carboxylic acids is 1. The van der Waals surface area contributed by atoms with Crippen molar-refractivity contribution in [3.8, 4) is 17.2 Å². The number of morpholine rings is 1. The normalized spacial score (nSPS) is 14.6. The van der Waals surface area contributed by atoms with Gasteiger partial charge in [0.05, 0.1) is 34.5 Å². The first-order valence-electron chi connectivity index (χ1n) is 9.86. The number of carbonyl (C=O) groups is 1. The van der Waals surface area contributed by atoms with Crippen LogP contribution in [-0.4, -0.2) is 59.6 Å². The predicted molar refractivity (Wildman–Crippen MR) is 117 cm³/mol. The summed E-state index contributed by atoms with van der Waals surface area (Å²) >= 11 is 0. The van der Waals surface area contributed by atoms with Gasteiger partial charge in [0.25, 0.3) is 0 Å². The van der Waals surface area contributed by atoms with Gasteiger partial charge in [0.1, 0.15) is 6.04 Å². The first-order chi connectivity index (χ1) is 14.5. The van der Waals surface area contributed by atoms with Gasteiger partial charge in [0.15, 0.2) is 11.5 Å². The molecule has 1 aliphatic heterocycles. The highest BCUT2D eigenvalue weighted by Gasteiger charge is 2.18. The van der Waals surface area contributed by atoms with Gasteiger partial charge in [-0.1, -0.05) is 0 Å². The van der Waals surface area contributed by atoms with Crippen LogP contribution >= 0.6 is 0 Å². The van der Waals surface area contributed by atoms with Gasteiger partial charge in [0, 0.05) is 42.3 Å². The van der Waals surface area contributed by atoms with Crippen molar-refractivity contribution in [1.82, 2.24) is 0 Å². The van der Waals surface area contributed by atoms with Crippen LogP contribution in [0.4, 0.5) is 17.1 Å². The molecule has 0 bridgehead atoms. The summed E-state index contributed by atoms with van der Waals surface area (Å²) in [5.41, 5.74) is 2.56. The van der Waals surface area contributed by atoms with Crippen molar-refractivity contribution in [3.05, 3.63) is 36.4 Å².